The third-order valence-electron chi connectivity index (χ3n) is 3.32. The summed E-state index contributed by atoms with van der Waals surface area (Å²) in [6, 6.07) is 0.221. The lowest BCUT2D eigenvalue weighted by molar-refractivity contribution is 0.502. The summed E-state index contributed by atoms with van der Waals surface area (Å²) in [5.74, 6) is 1.07. The van der Waals surface area contributed by atoms with Gasteiger partial charge in [0.05, 0.1) is 16.7 Å². The predicted molar refractivity (Wildman–Crippen MR) is 84.1 cm³/mol. The highest BCUT2D eigenvalue weighted by Gasteiger charge is 2.21. The molecule has 0 aliphatic rings. The van der Waals surface area contributed by atoms with Crippen LogP contribution in [0.15, 0.2) is 17.8 Å². The van der Waals surface area contributed by atoms with Crippen LogP contribution in [0.5, 0.6) is 0 Å². The minimum absolute atomic E-state index is 0.117. The zero-order valence-electron chi connectivity index (χ0n) is 13.0. The molecule has 0 fully saturated rings. The smallest absolute Gasteiger partial charge is 0.126 e. The van der Waals surface area contributed by atoms with Gasteiger partial charge in [0.2, 0.25) is 0 Å². The highest BCUT2D eigenvalue weighted by atomic mass is 32.1. The lowest BCUT2D eigenvalue weighted by Gasteiger charge is -2.17. The van der Waals surface area contributed by atoms with E-state index in [1.165, 1.54) is 10.7 Å². The van der Waals surface area contributed by atoms with Crippen LogP contribution in [-0.2, 0) is 18.9 Å². The molecule has 20 heavy (non-hydrogen) atoms. The van der Waals surface area contributed by atoms with Crippen molar-refractivity contribution in [2.45, 2.75) is 45.6 Å². The van der Waals surface area contributed by atoms with Gasteiger partial charge >= 0.3 is 0 Å². The molecule has 1 atom stereocenters. The first-order valence-corrected chi connectivity index (χ1v) is 7.95. The lowest BCUT2D eigenvalue weighted by Crippen LogP contribution is -2.25. The maximum absolute atomic E-state index is 4.78. The van der Waals surface area contributed by atoms with E-state index in [2.05, 4.69) is 47.9 Å². The summed E-state index contributed by atoms with van der Waals surface area (Å²) >= 11 is 1.75. The molecule has 2 rings (SSSR count). The molecule has 0 saturated carbocycles. The van der Waals surface area contributed by atoms with Crippen molar-refractivity contribution in [2.24, 2.45) is 7.05 Å². The first kappa shape index (κ1) is 15.2. The Kier molecular flexibility index (Phi) is 4.60. The number of aryl methyl sites for hydroxylation is 1. The highest BCUT2D eigenvalue weighted by molar-refractivity contribution is 7.09. The van der Waals surface area contributed by atoms with E-state index in [1.807, 2.05) is 19.4 Å². The molecule has 5 heteroatoms. The third kappa shape index (κ3) is 3.46. The van der Waals surface area contributed by atoms with Crippen LogP contribution >= 0.6 is 11.3 Å². The molecule has 1 N–H and O–H groups in total. The number of hydrogen-bond donors (Lipinski definition) is 1. The predicted octanol–water partition coefficient (Wildman–Crippen LogP) is 3.07. The Bertz CT molecular complexity index is 550. The van der Waals surface area contributed by atoms with Crippen LogP contribution in [-0.4, -0.2) is 21.1 Å². The summed E-state index contributed by atoms with van der Waals surface area (Å²) in [5, 5.41) is 6.85. The quantitative estimate of drug-likeness (QED) is 0.921. The summed E-state index contributed by atoms with van der Waals surface area (Å²) in [6.07, 6.45) is 4.73. The second-order valence-corrected chi connectivity index (χ2v) is 7.03. The van der Waals surface area contributed by atoms with Crippen LogP contribution < -0.4 is 5.32 Å². The zero-order chi connectivity index (χ0) is 14.8. The molecule has 110 valence electrons. The minimum atomic E-state index is 0.117. The van der Waals surface area contributed by atoms with E-state index in [-0.39, 0.29) is 11.5 Å². The van der Waals surface area contributed by atoms with Gasteiger partial charge in [-0.05, 0) is 6.54 Å². The maximum Gasteiger partial charge on any atom is 0.126 e. The van der Waals surface area contributed by atoms with Gasteiger partial charge in [-0.15, -0.1) is 11.3 Å². The molecule has 0 aliphatic carbocycles. The molecule has 0 radical (unpaired) electrons. The fraction of sp³-hybridized carbons (Fsp3) is 0.600. The van der Waals surface area contributed by atoms with Gasteiger partial charge in [0.25, 0.3) is 0 Å². The zero-order valence-corrected chi connectivity index (χ0v) is 13.8. The third-order valence-corrected chi connectivity index (χ3v) is 4.19. The van der Waals surface area contributed by atoms with Crippen molar-refractivity contribution in [3.8, 4) is 0 Å². The Morgan fingerprint density at radius 2 is 2.15 bits per heavy atom. The molecule has 0 spiro atoms. The van der Waals surface area contributed by atoms with Gasteiger partial charge in [-0.3, -0.25) is 0 Å². The molecule has 2 heterocycles. The summed E-state index contributed by atoms with van der Waals surface area (Å²) < 4.78 is 2.08. The van der Waals surface area contributed by atoms with Gasteiger partial charge in [0.15, 0.2) is 0 Å². The summed E-state index contributed by atoms with van der Waals surface area (Å²) in [4.78, 5) is 9.25. The largest absolute Gasteiger partial charge is 0.337 e. The Morgan fingerprint density at radius 3 is 2.65 bits per heavy atom. The number of rotatable bonds is 5. The first-order chi connectivity index (χ1) is 9.41. The van der Waals surface area contributed by atoms with Gasteiger partial charge in [-0.1, -0.05) is 27.7 Å². The molecular formula is C15H24N4S. The molecule has 1 unspecified atom stereocenters. The first-order valence-electron chi connectivity index (χ1n) is 7.07. The summed E-state index contributed by atoms with van der Waals surface area (Å²) in [5.41, 5.74) is 1.29. The van der Waals surface area contributed by atoms with E-state index in [4.69, 9.17) is 4.98 Å². The van der Waals surface area contributed by atoms with Crippen LogP contribution in [0, 0.1) is 0 Å². The minimum Gasteiger partial charge on any atom is -0.337 e. The van der Waals surface area contributed by atoms with E-state index in [0.29, 0.717) is 0 Å². The Hall–Kier alpha value is -1.20. The van der Waals surface area contributed by atoms with Gasteiger partial charge in [0.1, 0.15) is 5.82 Å². The van der Waals surface area contributed by atoms with Crippen molar-refractivity contribution in [3.63, 3.8) is 0 Å². The van der Waals surface area contributed by atoms with Crippen LogP contribution in [0.2, 0.25) is 0 Å². The lowest BCUT2D eigenvalue weighted by atomic mass is 9.93. The van der Waals surface area contributed by atoms with Gasteiger partial charge in [0, 0.05) is 36.7 Å². The van der Waals surface area contributed by atoms with Crippen molar-refractivity contribution < 1.29 is 0 Å². The highest BCUT2D eigenvalue weighted by Crippen LogP contribution is 2.26. The topological polar surface area (TPSA) is 42.7 Å². The Morgan fingerprint density at radius 1 is 1.40 bits per heavy atom. The van der Waals surface area contributed by atoms with E-state index < -0.39 is 0 Å². The number of hydrogen-bond acceptors (Lipinski definition) is 4. The molecular weight excluding hydrogens is 268 g/mol. The van der Waals surface area contributed by atoms with Crippen LogP contribution in [0.25, 0.3) is 0 Å². The normalized spacial score (nSPS) is 13.7. The summed E-state index contributed by atoms with van der Waals surface area (Å²) in [7, 11) is 2.04. The fourth-order valence-corrected chi connectivity index (χ4v) is 3.21. The van der Waals surface area contributed by atoms with Crippen molar-refractivity contribution in [1.82, 2.24) is 19.9 Å². The van der Waals surface area contributed by atoms with E-state index in [0.717, 1.165) is 18.8 Å². The molecule has 0 bridgehead atoms. The molecule has 4 nitrogen and oxygen atoms in total. The average Bonchev–Trinajstić information content (AvgIpc) is 2.96. The standard InChI is InChI=1S/C15H24N4S/c1-6-16-11(14-17-7-8-19(14)5)9-13-18-12(10-20-13)15(2,3)4/h7-8,10-11,16H,6,9H2,1-5H3. The van der Waals surface area contributed by atoms with Crippen LogP contribution in [0.3, 0.4) is 0 Å². The molecule has 0 saturated heterocycles. The number of thiazole rings is 1. The second-order valence-electron chi connectivity index (χ2n) is 6.09. The average molecular weight is 292 g/mol. The fourth-order valence-electron chi connectivity index (χ4n) is 2.14. The Labute approximate surface area is 125 Å². The second kappa shape index (κ2) is 6.06. The van der Waals surface area contributed by atoms with Crippen molar-refractivity contribution in [1.29, 1.82) is 0 Å². The number of aromatic nitrogens is 3. The molecule has 0 aliphatic heterocycles. The van der Waals surface area contributed by atoms with Crippen molar-refractivity contribution >= 4 is 11.3 Å². The van der Waals surface area contributed by atoms with E-state index in [9.17, 15) is 0 Å². The van der Waals surface area contributed by atoms with Crippen LogP contribution in [0.4, 0.5) is 0 Å². The van der Waals surface area contributed by atoms with E-state index >= 15 is 0 Å². The monoisotopic (exact) mass is 292 g/mol. The molecule has 0 aromatic carbocycles. The number of nitrogens with one attached hydrogen (secondary N) is 1. The SMILES string of the molecule is CCNC(Cc1nc(C(C)(C)C)cs1)c1nccn1C. The molecule has 2 aromatic rings. The number of likely N-dealkylation sites (N-methyl/N-ethyl adjacent to an activating group) is 1. The summed E-state index contributed by atoms with van der Waals surface area (Å²) in [6.45, 7) is 9.65. The maximum atomic E-state index is 4.78. The van der Waals surface area contributed by atoms with E-state index in [1.54, 1.807) is 11.3 Å². The number of imidazole rings is 1. The van der Waals surface area contributed by atoms with Gasteiger partial charge in [-0.2, -0.15) is 0 Å². The van der Waals surface area contributed by atoms with Crippen molar-refractivity contribution in [3.05, 3.63) is 34.3 Å². The molecule has 2 aromatic heterocycles. The molecule has 0 amide bonds. The van der Waals surface area contributed by atoms with Crippen molar-refractivity contribution in [2.75, 3.05) is 6.54 Å². The Balaban J connectivity index is 2.17. The number of nitrogens with zero attached hydrogens (tertiary/aromatic N) is 3. The van der Waals surface area contributed by atoms with Gasteiger partial charge in [-0.25, -0.2) is 9.97 Å². The van der Waals surface area contributed by atoms with Crippen LogP contribution in [0.1, 0.15) is 50.3 Å². The van der Waals surface area contributed by atoms with Gasteiger partial charge < -0.3 is 9.88 Å².